The van der Waals surface area contributed by atoms with Crippen molar-refractivity contribution < 1.29 is 19.1 Å². The summed E-state index contributed by atoms with van der Waals surface area (Å²) in [5, 5.41) is 7.00. The summed E-state index contributed by atoms with van der Waals surface area (Å²) in [5.74, 6) is -0.896. The van der Waals surface area contributed by atoms with Crippen LogP contribution in [0, 0.1) is 6.92 Å². The summed E-state index contributed by atoms with van der Waals surface area (Å²) in [7, 11) is 0. The molecule has 0 saturated carbocycles. The van der Waals surface area contributed by atoms with Crippen molar-refractivity contribution in [3.8, 4) is 5.69 Å². The van der Waals surface area contributed by atoms with Crippen LogP contribution in [0.1, 0.15) is 45.3 Å². The van der Waals surface area contributed by atoms with Gasteiger partial charge in [0.25, 0.3) is 0 Å². The number of aryl methyl sites for hydroxylation is 1. The zero-order chi connectivity index (χ0) is 22.2. The molecular weight excluding hydrogens is 394 g/mol. The molecule has 1 amide bonds. The van der Waals surface area contributed by atoms with Crippen molar-refractivity contribution in [3.63, 3.8) is 0 Å². The molecule has 160 valence electrons. The molecule has 0 spiro atoms. The second-order valence-electron chi connectivity index (χ2n) is 7.17. The van der Waals surface area contributed by atoms with Gasteiger partial charge in [-0.2, -0.15) is 5.10 Å². The van der Waals surface area contributed by atoms with Crippen LogP contribution in [0.25, 0.3) is 5.69 Å². The second kappa shape index (κ2) is 10.3. The van der Waals surface area contributed by atoms with E-state index in [1.165, 1.54) is 13.1 Å². The number of esters is 1. The molecule has 1 heterocycles. The molecular formula is C24H25N3O4. The van der Waals surface area contributed by atoms with Gasteiger partial charge in [0.1, 0.15) is 5.56 Å². The van der Waals surface area contributed by atoms with E-state index in [0.717, 1.165) is 24.1 Å². The summed E-state index contributed by atoms with van der Waals surface area (Å²) < 4.78 is 6.88. The Morgan fingerprint density at radius 3 is 2.42 bits per heavy atom. The second-order valence-corrected chi connectivity index (χ2v) is 7.17. The Morgan fingerprint density at radius 1 is 1.03 bits per heavy atom. The summed E-state index contributed by atoms with van der Waals surface area (Å²) in [6, 6.07) is 16.7. The van der Waals surface area contributed by atoms with Crippen LogP contribution in [-0.2, 0) is 16.0 Å². The van der Waals surface area contributed by atoms with E-state index >= 15 is 0 Å². The molecule has 3 aromatic rings. The van der Waals surface area contributed by atoms with E-state index in [9.17, 15) is 14.4 Å². The summed E-state index contributed by atoms with van der Waals surface area (Å²) in [4.78, 5) is 35.7. The first-order valence-corrected chi connectivity index (χ1v) is 10.1. The fraction of sp³-hybridized carbons (Fsp3) is 0.250. The Kier molecular flexibility index (Phi) is 7.32. The first kappa shape index (κ1) is 22.0. The summed E-state index contributed by atoms with van der Waals surface area (Å²) >= 11 is 0. The molecule has 0 aliphatic rings. The minimum atomic E-state index is -0.581. The van der Waals surface area contributed by atoms with Crippen LogP contribution >= 0.6 is 0 Å². The van der Waals surface area contributed by atoms with Crippen molar-refractivity contribution in [1.82, 2.24) is 15.1 Å². The fourth-order valence-electron chi connectivity index (χ4n) is 3.15. The average Bonchev–Trinajstić information content (AvgIpc) is 3.17. The lowest BCUT2D eigenvalue weighted by Gasteiger charge is -2.07. The number of nitrogens with one attached hydrogen (secondary N) is 1. The van der Waals surface area contributed by atoms with Crippen LogP contribution in [0.3, 0.4) is 0 Å². The zero-order valence-electron chi connectivity index (χ0n) is 17.6. The van der Waals surface area contributed by atoms with E-state index in [4.69, 9.17) is 4.74 Å². The van der Waals surface area contributed by atoms with E-state index in [-0.39, 0.29) is 18.3 Å². The van der Waals surface area contributed by atoms with E-state index < -0.39 is 5.97 Å². The topological polar surface area (TPSA) is 90.3 Å². The Labute approximate surface area is 181 Å². The van der Waals surface area contributed by atoms with Crippen molar-refractivity contribution >= 4 is 17.7 Å². The number of hydrogen-bond acceptors (Lipinski definition) is 5. The number of nitrogens with zero attached hydrogens (tertiary/aromatic N) is 2. The molecule has 0 radical (unpaired) electrons. The SMILES string of the molecule is CC(=O)NCCCc1ccc(C(=O)COC(=O)c2cnn(-c3ccccc3)c2C)cc1. The van der Waals surface area contributed by atoms with Crippen molar-refractivity contribution in [1.29, 1.82) is 0 Å². The summed E-state index contributed by atoms with van der Waals surface area (Å²) in [6.07, 6.45) is 3.07. The minimum absolute atomic E-state index is 0.0434. The van der Waals surface area contributed by atoms with Crippen molar-refractivity contribution in [2.45, 2.75) is 26.7 Å². The monoisotopic (exact) mass is 419 g/mol. The number of para-hydroxylation sites is 1. The van der Waals surface area contributed by atoms with Crippen LogP contribution in [0.5, 0.6) is 0 Å². The molecule has 0 fully saturated rings. The maximum Gasteiger partial charge on any atom is 0.342 e. The van der Waals surface area contributed by atoms with Crippen molar-refractivity contribution in [2.75, 3.05) is 13.2 Å². The predicted molar refractivity (Wildman–Crippen MR) is 116 cm³/mol. The van der Waals surface area contributed by atoms with Crippen molar-refractivity contribution in [3.05, 3.63) is 83.2 Å². The van der Waals surface area contributed by atoms with Gasteiger partial charge < -0.3 is 10.1 Å². The van der Waals surface area contributed by atoms with Crippen molar-refractivity contribution in [2.24, 2.45) is 0 Å². The normalized spacial score (nSPS) is 10.5. The lowest BCUT2D eigenvalue weighted by molar-refractivity contribution is -0.118. The zero-order valence-corrected chi connectivity index (χ0v) is 17.6. The number of ether oxygens (including phenoxy) is 1. The molecule has 0 unspecified atom stereocenters. The van der Waals surface area contributed by atoms with E-state index in [1.54, 1.807) is 23.7 Å². The summed E-state index contributed by atoms with van der Waals surface area (Å²) in [5.41, 5.74) is 3.36. The molecule has 0 aliphatic carbocycles. The van der Waals surface area contributed by atoms with Gasteiger partial charge in [-0.25, -0.2) is 9.48 Å². The highest BCUT2D eigenvalue weighted by Crippen LogP contribution is 2.15. The highest BCUT2D eigenvalue weighted by atomic mass is 16.5. The van der Waals surface area contributed by atoms with Gasteiger partial charge in [0, 0.05) is 19.0 Å². The maximum atomic E-state index is 12.4. The molecule has 7 nitrogen and oxygen atoms in total. The van der Waals surface area contributed by atoms with E-state index in [1.807, 2.05) is 42.5 Å². The first-order chi connectivity index (χ1) is 15.0. The lowest BCUT2D eigenvalue weighted by Crippen LogP contribution is -2.21. The maximum absolute atomic E-state index is 12.4. The summed E-state index contributed by atoms with van der Waals surface area (Å²) in [6.45, 7) is 3.55. The Hall–Kier alpha value is -3.74. The standard InChI is InChI=1S/C24H25N3O4/c1-17-22(15-26-27(17)21-8-4-3-5-9-21)24(30)31-16-23(29)20-12-10-19(11-13-20)7-6-14-25-18(2)28/h3-5,8-13,15H,6-7,14,16H2,1-2H3,(H,25,28). The minimum Gasteiger partial charge on any atom is -0.454 e. The third-order valence-corrected chi connectivity index (χ3v) is 4.86. The molecule has 0 bridgehead atoms. The van der Waals surface area contributed by atoms with Crippen LogP contribution in [0.15, 0.2) is 60.8 Å². The fourth-order valence-corrected chi connectivity index (χ4v) is 3.15. The van der Waals surface area contributed by atoms with Gasteiger partial charge in [-0.1, -0.05) is 42.5 Å². The molecule has 0 atom stereocenters. The smallest absolute Gasteiger partial charge is 0.342 e. The molecule has 0 saturated heterocycles. The van der Waals surface area contributed by atoms with Gasteiger partial charge in [0.2, 0.25) is 5.91 Å². The highest BCUT2D eigenvalue weighted by Gasteiger charge is 2.18. The van der Waals surface area contributed by atoms with Gasteiger partial charge >= 0.3 is 5.97 Å². The van der Waals surface area contributed by atoms with Gasteiger partial charge in [-0.3, -0.25) is 9.59 Å². The lowest BCUT2D eigenvalue weighted by atomic mass is 10.1. The number of Topliss-reactive ketones (excluding diaryl/α,β-unsaturated/α-hetero) is 1. The third-order valence-electron chi connectivity index (χ3n) is 4.86. The van der Waals surface area contributed by atoms with Crippen LogP contribution in [0.2, 0.25) is 0 Å². The Balaban J connectivity index is 1.53. The number of rotatable bonds is 9. The van der Waals surface area contributed by atoms with Gasteiger partial charge in [-0.15, -0.1) is 0 Å². The largest absolute Gasteiger partial charge is 0.454 e. The van der Waals surface area contributed by atoms with E-state index in [0.29, 0.717) is 23.4 Å². The number of carbonyl (C=O) groups is 3. The number of aromatic nitrogens is 2. The van der Waals surface area contributed by atoms with Crippen LogP contribution < -0.4 is 5.32 Å². The van der Waals surface area contributed by atoms with Gasteiger partial charge in [0.15, 0.2) is 12.4 Å². The van der Waals surface area contributed by atoms with Gasteiger partial charge in [-0.05, 0) is 37.5 Å². The predicted octanol–water partition coefficient (Wildman–Crippen LogP) is 3.29. The number of carbonyl (C=O) groups excluding carboxylic acids is 3. The highest BCUT2D eigenvalue weighted by molar-refractivity contribution is 5.99. The molecule has 1 N–H and O–H groups in total. The molecule has 2 aromatic carbocycles. The molecule has 31 heavy (non-hydrogen) atoms. The number of amides is 1. The van der Waals surface area contributed by atoms with Crippen LogP contribution in [0.4, 0.5) is 0 Å². The third kappa shape index (κ3) is 5.88. The Morgan fingerprint density at radius 2 is 1.74 bits per heavy atom. The molecule has 7 heteroatoms. The number of benzene rings is 2. The first-order valence-electron chi connectivity index (χ1n) is 10.1. The van der Waals surface area contributed by atoms with E-state index in [2.05, 4.69) is 10.4 Å². The quantitative estimate of drug-likeness (QED) is 0.327. The molecule has 1 aromatic heterocycles. The van der Waals surface area contributed by atoms with Gasteiger partial charge in [0.05, 0.1) is 17.6 Å². The molecule has 3 rings (SSSR count). The average molecular weight is 419 g/mol. The Bertz CT molecular complexity index is 1060. The molecule has 0 aliphatic heterocycles. The van der Waals surface area contributed by atoms with Crippen LogP contribution in [-0.4, -0.2) is 40.6 Å². The number of hydrogen-bond donors (Lipinski definition) is 1. The number of ketones is 1.